The fraction of sp³-hybridized carbons (Fsp3) is 0.714. The van der Waals surface area contributed by atoms with Crippen molar-refractivity contribution in [2.75, 3.05) is 26.2 Å². The second-order valence-corrected chi connectivity index (χ2v) is 6.85. The van der Waals surface area contributed by atoms with Crippen LogP contribution in [0, 0.1) is 0 Å². The number of halogens is 1. The lowest BCUT2D eigenvalue weighted by atomic mass is 10.1. The molecule has 0 bridgehead atoms. The van der Waals surface area contributed by atoms with Crippen LogP contribution in [0.25, 0.3) is 0 Å². The van der Waals surface area contributed by atoms with E-state index < -0.39 is 0 Å². The summed E-state index contributed by atoms with van der Waals surface area (Å²) in [5.41, 5.74) is 0. The largest absolute Gasteiger partial charge is 0.313 e. The Balaban J connectivity index is 1.72. The number of hydrogen-bond donors (Lipinski definition) is 1. The Labute approximate surface area is 119 Å². The zero-order valence-corrected chi connectivity index (χ0v) is 12.7. The Hall–Kier alpha value is -0.0900. The molecule has 1 aromatic rings. The summed E-state index contributed by atoms with van der Waals surface area (Å²) in [5.74, 6) is 0. The van der Waals surface area contributed by atoms with E-state index in [0.717, 1.165) is 17.3 Å². The molecule has 2 rings (SSSR count). The summed E-state index contributed by atoms with van der Waals surface area (Å²) in [7, 11) is 0. The number of hydrogen-bond acceptors (Lipinski definition) is 3. The standard InChI is InChI=1S/C14H23ClN2S/c1-2-8-16-12-4-3-9-17(11-12)10-7-13-5-6-14(15)18-13/h5-6,12,16H,2-4,7-11H2,1H3. The third kappa shape index (κ3) is 4.54. The van der Waals surface area contributed by atoms with Crippen LogP contribution < -0.4 is 5.32 Å². The van der Waals surface area contributed by atoms with Crippen molar-refractivity contribution < 1.29 is 0 Å². The second-order valence-electron chi connectivity index (χ2n) is 5.05. The van der Waals surface area contributed by atoms with Gasteiger partial charge >= 0.3 is 0 Å². The van der Waals surface area contributed by atoms with Crippen molar-refractivity contribution in [2.45, 2.75) is 38.6 Å². The van der Waals surface area contributed by atoms with Crippen LogP contribution >= 0.6 is 22.9 Å². The number of likely N-dealkylation sites (tertiary alicyclic amines) is 1. The molecule has 1 saturated heterocycles. The van der Waals surface area contributed by atoms with Crippen molar-refractivity contribution in [1.29, 1.82) is 0 Å². The topological polar surface area (TPSA) is 15.3 Å². The Morgan fingerprint density at radius 1 is 1.50 bits per heavy atom. The van der Waals surface area contributed by atoms with E-state index in [4.69, 9.17) is 11.6 Å². The number of thiophene rings is 1. The maximum absolute atomic E-state index is 5.96. The Kier molecular flexibility index (Phi) is 5.96. The van der Waals surface area contributed by atoms with Crippen LogP contribution in [0.4, 0.5) is 0 Å². The van der Waals surface area contributed by atoms with Gasteiger partial charge in [-0.15, -0.1) is 11.3 Å². The van der Waals surface area contributed by atoms with Crippen LogP contribution in [-0.4, -0.2) is 37.1 Å². The van der Waals surface area contributed by atoms with E-state index in [-0.39, 0.29) is 0 Å². The summed E-state index contributed by atoms with van der Waals surface area (Å²) in [6, 6.07) is 4.86. The lowest BCUT2D eigenvalue weighted by molar-refractivity contribution is 0.193. The normalized spacial score (nSPS) is 21.3. The number of rotatable bonds is 6. The van der Waals surface area contributed by atoms with Crippen LogP contribution in [0.5, 0.6) is 0 Å². The molecule has 0 aromatic carbocycles. The molecule has 102 valence electrons. The van der Waals surface area contributed by atoms with Gasteiger partial charge < -0.3 is 10.2 Å². The van der Waals surface area contributed by atoms with Gasteiger partial charge in [-0.05, 0) is 50.9 Å². The molecule has 0 aliphatic carbocycles. The first-order chi connectivity index (χ1) is 8.78. The molecule has 1 aliphatic heterocycles. The zero-order valence-electron chi connectivity index (χ0n) is 11.1. The highest BCUT2D eigenvalue weighted by Gasteiger charge is 2.18. The predicted molar refractivity (Wildman–Crippen MR) is 80.8 cm³/mol. The summed E-state index contributed by atoms with van der Waals surface area (Å²) in [6.45, 7) is 7.01. The number of nitrogens with one attached hydrogen (secondary N) is 1. The molecule has 1 fully saturated rings. The van der Waals surface area contributed by atoms with Gasteiger partial charge in [-0.1, -0.05) is 18.5 Å². The van der Waals surface area contributed by atoms with E-state index in [1.807, 2.05) is 6.07 Å². The van der Waals surface area contributed by atoms with Crippen LogP contribution in [0.15, 0.2) is 12.1 Å². The molecule has 0 spiro atoms. The third-order valence-corrected chi connectivity index (χ3v) is 4.78. The lowest BCUT2D eigenvalue weighted by Crippen LogP contribution is -2.46. The van der Waals surface area contributed by atoms with Crippen LogP contribution in [0.3, 0.4) is 0 Å². The predicted octanol–water partition coefficient (Wildman–Crippen LogP) is 3.41. The minimum atomic E-state index is 0.700. The minimum Gasteiger partial charge on any atom is -0.313 e. The van der Waals surface area contributed by atoms with Crippen LogP contribution in [0.1, 0.15) is 31.1 Å². The summed E-state index contributed by atoms with van der Waals surface area (Å²) >= 11 is 7.67. The van der Waals surface area contributed by atoms with Gasteiger partial charge in [-0.3, -0.25) is 0 Å². The highest BCUT2D eigenvalue weighted by Crippen LogP contribution is 2.22. The van der Waals surface area contributed by atoms with Crippen LogP contribution in [0.2, 0.25) is 4.34 Å². The van der Waals surface area contributed by atoms with Crippen molar-refractivity contribution >= 4 is 22.9 Å². The average molecular weight is 287 g/mol. The van der Waals surface area contributed by atoms with Crippen molar-refractivity contribution in [2.24, 2.45) is 0 Å². The summed E-state index contributed by atoms with van der Waals surface area (Å²) < 4.78 is 0.908. The van der Waals surface area contributed by atoms with Gasteiger partial charge in [-0.25, -0.2) is 0 Å². The third-order valence-electron chi connectivity index (χ3n) is 3.49. The highest BCUT2D eigenvalue weighted by molar-refractivity contribution is 7.16. The van der Waals surface area contributed by atoms with Gasteiger partial charge in [0.15, 0.2) is 0 Å². The molecule has 1 atom stereocenters. The van der Waals surface area contributed by atoms with E-state index in [0.29, 0.717) is 6.04 Å². The summed E-state index contributed by atoms with van der Waals surface area (Å²) in [4.78, 5) is 3.99. The highest BCUT2D eigenvalue weighted by atomic mass is 35.5. The fourth-order valence-electron chi connectivity index (χ4n) is 2.53. The first-order valence-electron chi connectivity index (χ1n) is 6.98. The summed E-state index contributed by atoms with van der Waals surface area (Å²) in [5, 5.41) is 3.64. The molecule has 2 nitrogen and oxygen atoms in total. The molecule has 1 N–H and O–H groups in total. The van der Waals surface area contributed by atoms with Gasteiger partial charge in [-0.2, -0.15) is 0 Å². The average Bonchev–Trinajstić information content (AvgIpc) is 2.80. The maximum Gasteiger partial charge on any atom is 0.0931 e. The zero-order chi connectivity index (χ0) is 12.8. The smallest absolute Gasteiger partial charge is 0.0931 e. The molecule has 4 heteroatoms. The van der Waals surface area contributed by atoms with Crippen molar-refractivity contribution in [3.05, 3.63) is 21.3 Å². The van der Waals surface area contributed by atoms with E-state index in [1.165, 1.54) is 43.8 Å². The fourth-order valence-corrected chi connectivity index (χ4v) is 3.60. The molecule has 0 radical (unpaired) electrons. The molecule has 0 saturated carbocycles. The van der Waals surface area contributed by atoms with Gasteiger partial charge in [0, 0.05) is 24.0 Å². The van der Waals surface area contributed by atoms with Crippen LogP contribution in [-0.2, 0) is 6.42 Å². The molecule has 18 heavy (non-hydrogen) atoms. The number of nitrogens with zero attached hydrogens (tertiary/aromatic N) is 1. The second kappa shape index (κ2) is 7.49. The minimum absolute atomic E-state index is 0.700. The van der Waals surface area contributed by atoms with E-state index in [2.05, 4.69) is 23.2 Å². The maximum atomic E-state index is 5.96. The van der Waals surface area contributed by atoms with E-state index in [1.54, 1.807) is 11.3 Å². The molecule has 1 aromatic heterocycles. The summed E-state index contributed by atoms with van der Waals surface area (Å²) in [6.07, 6.45) is 5.02. The van der Waals surface area contributed by atoms with Gasteiger partial charge in [0.2, 0.25) is 0 Å². The first-order valence-corrected chi connectivity index (χ1v) is 8.17. The van der Waals surface area contributed by atoms with Crippen molar-refractivity contribution in [3.63, 3.8) is 0 Å². The Morgan fingerprint density at radius 2 is 2.39 bits per heavy atom. The Bertz CT molecular complexity index is 353. The SMILES string of the molecule is CCCNC1CCCN(CCc2ccc(Cl)s2)C1. The Morgan fingerprint density at radius 3 is 3.11 bits per heavy atom. The molecule has 0 amide bonds. The molecular formula is C14H23ClN2S. The monoisotopic (exact) mass is 286 g/mol. The lowest BCUT2D eigenvalue weighted by Gasteiger charge is -2.33. The molecular weight excluding hydrogens is 264 g/mol. The first kappa shape index (κ1) is 14.3. The van der Waals surface area contributed by atoms with Crippen molar-refractivity contribution in [3.8, 4) is 0 Å². The van der Waals surface area contributed by atoms with Gasteiger partial charge in [0.05, 0.1) is 4.34 Å². The quantitative estimate of drug-likeness (QED) is 0.862. The van der Waals surface area contributed by atoms with Gasteiger partial charge in [0.1, 0.15) is 0 Å². The van der Waals surface area contributed by atoms with Crippen molar-refractivity contribution in [1.82, 2.24) is 10.2 Å². The molecule has 1 unspecified atom stereocenters. The van der Waals surface area contributed by atoms with E-state index in [9.17, 15) is 0 Å². The van der Waals surface area contributed by atoms with E-state index >= 15 is 0 Å². The number of piperidine rings is 1. The van der Waals surface area contributed by atoms with Gasteiger partial charge in [0.25, 0.3) is 0 Å². The molecule has 1 aliphatic rings. The molecule has 2 heterocycles.